The Hall–Kier alpha value is -3.37. The molecule has 0 spiro atoms. The lowest BCUT2D eigenvalue weighted by molar-refractivity contribution is -0.140. The number of nitrogens with zero attached hydrogens (tertiary/aromatic N) is 2. The van der Waals surface area contributed by atoms with Gasteiger partial charge in [0.25, 0.3) is 10.0 Å². The van der Waals surface area contributed by atoms with Crippen LogP contribution in [0.2, 0.25) is 0 Å². The van der Waals surface area contributed by atoms with Crippen molar-refractivity contribution in [2.75, 3.05) is 18.0 Å². The third-order valence-corrected chi connectivity index (χ3v) is 9.89. The van der Waals surface area contributed by atoms with Crippen LogP contribution in [0, 0.1) is 0 Å². The van der Waals surface area contributed by atoms with Crippen molar-refractivity contribution < 1.29 is 22.7 Å². The molecule has 0 heterocycles. The maximum atomic E-state index is 14.2. The zero-order valence-corrected chi connectivity index (χ0v) is 26.4. The van der Waals surface area contributed by atoms with Crippen LogP contribution in [-0.2, 0) is 26.2 Å². The number of nitrogens with one attached hydrogen (secondary N) is 1. The van der Waals surface area contributed by atoms with Gasteiger partial charge in [-0.2, -0.15) is 0 Å². The molecule has 0 bridgehead atoms. The number of benzene rings is 3. The van der Waals surface area contributed by atoms with Gasteiger partial charge in [0.1, 0.15) is 18.3 Å². The highest BCUT2D eigenvalue weighted by Crippen LogP contribution is 2.27. The lowest BCUT2D eigenvalue weighted by Gasteiger charge is -2.34. The van der Waals surface area contributed by atoms with Crippen LogP contribution in [0.15, 0.2) is 88.2 Å². The number of carbonyl (C=O) groups excluding carboxylic acids is 2. The molecule has 1 saturated carbocycles. The Morgan fingerprint density at radius 3 is 2.19 bits per heavy atom. The van der Waals surface area contributed by atoms with Crippen molar-refractivity contribution in [1.29, 1.82) is 0 Å². The molecular formula is C32H38BrN3O5S. The topological polar surface area (TPSA) is 96.0 Å². The van der Waals surface area contributed by atoms with Gasteiger partial charge in [-0.05, 0) is 73.4 Å². The molecule has 0 unspecified atom stereocenters. The smallest absolute Gasteiger partial charge is 0.264 e. The second-order valence-corrected chi connectivity index (χ2v) is 13.2. The third kappa shape index (κ3) is 7.92. The second-order valence-electron chi connectivity index (χ2n) is 10.4. The monoisotopic (exact) mass is 655 g/mol. The quantitative estimate of drug-likeness (QED) is 0.262. The summed E-state index contributed by atoms with van der Waals surface area (Å²) in [5.41, 5.74) is 1.15. The van der Waals surface area contributed by atoms with Gasteiger partial charge in [0.05, 0.1) is 17.7 Å². The number of ether oxygens (including phenoxy) is 1. The van der Waals surface area contributed by atoms with Crippen LogP contribution in [-0.4, -0.2) is 50.9 Å². The van der Waals surface area contributed by atoms with E-state index in [0.717, 1.165) is 46.4 Å². The molecule has 3 aromatic rings. The van der Waals surface area contributed by atoms with Crippen LogP contribution in [0.3, 0.4) is 0 Å². The fourth-order valence-electron chi connectivity index (χ4n) is 5.25. The average Bonchev–Trinajstić information content (AvgIpc) is 3.01. The lowest BCUT2D eigenvalue weighted by Crippen LogP contribution is -2.54. The molecule has 8 nitrogen and oxygen atoms in total. The molecule has 10 heteroatoms. The number of amides is 2. The molecular weight excluding hydrogens is 618 g/mol. The predicted octanol–water partition coefficient (Wildman–Crippen LogP) is 5.91. The zero-order valence-electron chi connectivity index (χ0n) is 24.0. The normalized spacial score (nSPS) is 14.5. The summed E-state index contributed by atoms with van der Waals surface area (Å²) < 4.78 is 35.0. The number of sulfonamides is 1. The molecule has 0 saturated heterocycles. The summed E-state index contributed by atoms with van der Waals surface area (Å²) in [5, 5.41) is 3.17. The molecule has 1 fully saturated rings. The highest BCUT2D eigenvalue weighted by Gasteiger charge is 2.34. The number of carbonyl (C=O) groups is 2. The van der Waals surface area contributed by atoms with Crippen LogP contribution in [0.25, 0.3) is 0 Å². The van der Waals surface area contributed by atoms with Crippen LogP contribution in [0.4, 0.5) is 5.69 Å². The summed E-state index contributed by atoms with van der Waals surface area (Å²) in [4.78, 5) is 29.4. The number of hydrogen-bond acceptors (Lipinski definition) is 5. The standard InChI is InChI=1S/C32H38BrN3O5S/c1-3-30(32(38)34-26-10-6-4-7-11-26)35(22-24-14-20-28(41-2)21-15-24)31(37)23-36(27-18-16-25(33)17-19-27)42(39,40)29-12-8-5-9-13-29/h5,8-9,12-21,26,30H,3-4,6-7,10-11,22-23H2,1-2H3,(H,34,38)/t30-/m0/s1. The van der Waals surface area contributed by atoms with E-state index < -0.39 is 28.5 Å². The first-order valence-corrected chi connectivity index (χ1v) is 16.5. The summed E-state index contributed by atoms with van der Waals surface area (Å²) in [7, 11) is -2.52. The van der Waals surface area contributed by atoms with Crippen molar-refractivity contribution in [3.8, 4) is 5.75 Å². The van der Waals surface area contributed by atoms with Gasteiger partial charge in [-0.1, -0.05) is 72.4 Å². The van der Waals surface area contributed by atoms with E-state index >= 15 is 0 Å². The largest absolute Gasteiger partial charge is 0.497 e. The maximum absolute atomic E-state index is 14.2. The van der Waals surface area contributed by atoms with Crippen LogP contribution in [0.5, 0.6) is 5.75 Å². The first kappa shape index (κ1) is 31.6. The van der Waals surface area contributed by atoms with Crippen molar-refractivity contribution in [3.05, 3.63) is 88.9 Å². The van der Waals surface area contributed by atoms with Gasteiger partial charge in [0.15, 0.2) is 0 Å². The van der Waals surface area contributed by atoms with Gasteiger partial charge in [-0.25, -0.2) is 8.42 Å². The number of anilines is 1. The molecule has 0 aliphatic heterocycles. The van der Waals surface area contributed by atoms with Crippen LogP contribution >= 0.6 is 15.9 Å². The second kappa shape index (κ2) is 14.7. The molecule has 0 radical (unpaired) electrons. The average molecular weight is 657 g/mol. The van der Waals surface area contributed by atoms with Crippen molar-refractivity contribution in [3.63, 3.8) is 0 Å². The van der Waals surface area contributed by atoms with Gasteiger partial charge in [0, 0.05) is 17.1 Å². The molecule has 3 aromatic carbocycles. The van der Waals surface area contributed by atoms with Crippen LogP contribution < -0.4 is 14.4 Å². The van der Waals surface area contributed by atoms with Crippen molar-refractivity contribution in [1.82, 2.24) is 10.2 Å². The minimum atomic E-state index is -4.10. The number of hydrogen-bond donors (Lipinski definition) is 1. The molecule has 4 rings (SSSR count). The van der Waals surface area contributed by atoms with E-state index in [-0.39, 0.29) is 23.4 Å². The Kier molecular flexibility index (Phi) is 11.0. The number of methoxy groups -OCH3 is 1. The first-order valence-electron chi connectivity index (χ1n) is 14.3. The molecule has 1 atom stereocenters. The Bertz CT molecular complexity index is 1430. The zero-order chi connectivity index (χ0) is 30.1. The Balaban J connectivity index is 1.69. The number of halogens is 1. The molecule has 224 valence electrons. The Morgan fingerprint density at radius 1 is 0.952 bits per heavy atom. The molecule has 0 aromatic heterocycles. The van der Waals surface area contributed by atoms with E-state index in [9.17, 15) is 18.0 Å². The first-order chi connectivity index (χ1) is 20.2. The summed E-state index contributed by atoms with van der Waals surface area (Å²) in [6.07, 6.45) is 5.51. The van der Waals surface area contributed by atoms with E-state index in [2.05, 4.69) is 21.2 Å². The Labute approximate surface area is 257 Å². The maximum Gasteiger partial charge on any atom is 0.264 e. The third-order valence-electron chi connectivity index (χ3n) is 7.57. The van der Waals surface area contributed by atoms with Gasteiger partial charge in [-0.15, -0.1) is 0 Å². The fourth-order valence-corrected chi connectivity index (χ4v) is 6.95. The number of rotatable bonds is 12. The lowest BCUT2D eigenvalue weighted by atomic mass is 9.95. The molecule has 42 heavy (non-hydrogen) atoms. The summed E-state index contributed by atoms with van der Waals surface area (Å²) >= 11 is 3.40. The van der Waals surface area contributed by atoms with Gasteiger partial charge in [-0.3, -0.25) is 13.9 Å². The van der Waals surface area contributed by atoms with E-state index in [1.807, 2.05) is 19.1 Å². The molecule has 2 amide bonds. The van der Waals surface area contributed by atoms with Crippen molar-refractivity contribution >= 4 is 43.5 Å². The Morgan fingerprint density at radius 2 is 1.60 bits per heavy atom. The van der Waals surface area contributed by atoms with Gasteiger partial charge in [0.2, 0.25) is 11.8 Å². The minimum absolute atomic E-state index is 0.0736. The summed E-state index contributed by atoms with van der Waals surface area (Å²) in [6, 6.07) is 21.4. The summed E-state index contributed by atoms with van der Waals surface area (Å²) in [6.45, 7) is 1.54. The van der Waals surface area contributed by atoms with Crippen molar-refractivity contribution in [2.45, 2.75) is 69.0 Å². The van der Waals surface area contributed by atoms with Gasteiger partial charge >= 0.3 is 0 Å². The van der Waals surface area contributed by atoms with E-state index in [1.165, 1.54) is 17.0 Å². The molecule has 1 aliphatic carbocycles. The van der Waals surface area contributed by atoms with Crippen LogP contribution in [0.1, 0.15) is 51.0 Å². The molecule has 1 aliphatic rings. The van der Waals surface area contributed by atoms with E-state index in [0.29, 0.717) is 17.9 Å². The van der Waals surface area contributed by atoms with E-state index in [1.54, 1.807) is 61.7 Å². The summed E-state index contributed by atoms with van der Waals surface area (Å²) in [5.74, 6) is -0.0136. The van der Waals surface area contributed by atoms with Gasteiger partial charge < -0.3 is 15.0 Å². The van der Waals surface area contributed by atoms with Crippen molar-refractivity contribution in [2.24, 2.45) is 0 Å². The highest BCUT2D eigenvalue weighted by atomic mass is 79.9. The fraction of sp³-hybridized carbons (Fsp3) is 0.375. The minimum Gasteiger partial charge on any atom is -0.497 e. The van der Waals surface area contributed by atoms with E-state index in [4.69, 9.17) is 4.74 Å². The highest BCUT2D eigenvalue weighted by molar-refractivity contribution is 9.10. The molecule has 1 N–H and O–H groups in total. The SMILES string of the molecule is CC[C@@H](C(=O)NC1CCCCC1)N(Cc1ccc(OC)cc1)C(=O)CN(c1ccc(Br)cc1)S(=O)(=O)c1ccccc1. The predicted molar refractivity (Wildman–Crippen MR) is 168 cm³/mol.